The normalized spacial score (nSPS) is 15.2. The summed E-state index contributed by atoms with van der Waals surface area (Å²) in [5, 5.41) is 14.0. The number of aliphatic hydroxyl groups excluding tert-OH is 1. The summed E-state index contributed by atoms with van der Waals surface area (Å²) in [5.41, 5.74) is 11.2. The van der Waals surface area contributed by atoms with E-state index in [1.165, 1.54) is 90.8 Å². The fourth-order valence-corrected chi connectivity index (χ4v) is 9.93. The van der Waals surface area contributed by atoms with Crippen molar-refractivity contribution < 1.29 is 41.5 Å². The number of alkyl halides is 2. The summed E-state index contributed by atoms with van der Waals surface area (Å²) in [5.74, 6) is 0.544. The summed E-state index contributed by atoms with van der Waals surface area (Å²) >= 11 is 0. The smallest absolute Gasteiger partial charge is 0.239 e. The monoisotopic (exact) mass is 1070 g/mol. The van der Waals surface area contributed by atoms with Crippen LogP contribution in [0.3, 0.4) is 0 Å². The fourth-order valence-electron chi connectivity index (χ4n) is 9.93. The molecule has 0 saturated heterocycles. The molecule has 1 N–H and O–H groups in total. The van der Waals surface area contributed by atoms with E-state index in [0.717, 1.165) is 68.7 Å². The molecule has 4 nitrogen and oxygen atoms in total. The van der Waals surface area contributed by atoms with Crippen molar-refractivity contribution in [1.29, 1.82) is 0 Å². The quantitative estimate of drug-likeness (QED) is 0.0671. The summed E-state index contributed by atoms with van der Waals surface area (Å²) < 4.78 is 41.0. The minimum Gasteiger partial charge on any atom is -0.512 e. The first-order valence-electron chi connectivity index (χ1n) is 25.2. The Labute approximate surface area is 410 Å². The second-order valence-corrected chi connectivity index (χ2v) is 18.7. The summed E-state index contributed by atoms with van der Waals surface area (Å²) in [7, 11) is 0. The third-order valence-corrected chi connectivity index (χ3v) is 13.4. The largest absolute Gasteiger partial charge is 0.512 e. The molecular formula is C59H70F2IrN2O2-2. The van der Waals surface area contributed by atoms with Crippen molar-refractivity contribution in [3.05, 3.63) is 142 Å². The number of fused-ring (bicyclic) bond motifs is 2. The van der Waals surface area contributed by atoms with Gasteiger partial charge in [0.1, 0.15) is 0 Å². The number of benzene rings is 4. The van der Waals surface area contributed by atoms with Gasteiger partial charge in [0.05, 0.1) is 8.50 Å². The van der Waals surface area contributed by atoms with Crippen LogP contribution in [0.15, 0.2) is 97.0 Å². The molecule has 6 aromatic rings. The molecule has 0 amide bonds. The minimum atomic E-state index is -2.46. The third kappa shape index (κ3) is 14.7. The van der Waals surface area contributed by atoms with E-state index in [1.807, 2.05) is 27.0 Å². The van der Waals surface area contributed by atoms with E-state index in [4.69, 9.17) is 2.74 Å². The standard InChI is InChI=1S/2C23H24N.C13H22F2O2.Ir/c2*1-16-11-17(2)13-21(12-16)23-22-8-7-19(14-18-5-3-4-6-18)15-20(22)9-10-24-23;1-4-9(5-2)11(16)8-12(17)10(6-3)7-13(14)15;/h2*7-12,15,18H,3-6,14H2,1-2H3;8-10,13,17H,4-7H2,1-3H3;/q2*-1;;/b;;12-8-;/i9D,10D;;;. The average molecular weight is 1070 g/mol. The van der Waals surface area contributed by atoms with Gasteiger partial charge in [0.15, 0.2) is 5.78 Å². The minimum absolute atomic E-state index is 0. The number of nitrogens with zero attached hydrogens (tertiary/aromatic N) is 2. The van der Waals surface area contributed by atoms with E-state index in [9.17, 15) is 18.7 Å². The van der Waals surface area contributed by atoms with Crippen molar-refractivity contribution in [1.82, 2.24) is 9.97 Å². The van der Waals surface area contributed by atoms with Crippen molar-refractivity contribution in [2.45, 2.75) is 145 Å². The number of rotatable bonds is 14. The zero-order valence-electron chi connectivity index (χ0n) is 42.1. The fraction of sp³-hybridized carbons (Fsp3) is 0.441. The molecule has 2 aliphatic carbocycles. The van der Waals surface area contributed by atoms with Crippen molar-refractivity contribution in [2.75, 3.05) is 0 Å². The van der Waals surface area contributed by atoms with Gasteiger partial charge >= 0.3 is 0 Å². The molecule has 66 heavy (non-hydrogen) atoms. The molecule has 2 heterocycles. The topological polar surface area (TPSA) is 63.1 Å². The van der Waals surface area contributed by atoms with Gasteiger partial charge in [-0.15, -0.1) is 69.8 Å². The number of hydrogen-bond acceptors (Lipinski definition) is 4. The van der Waals surface area contributed by atoms with Gasteiger partial charge in [0, 0.05) is 56.8 Å². The van der Waals surface area contributed by atoms with Gasteiger partial charge in [-0.1, -0.05) is 136 Å². The van der Waals surface area contributed by atoms with Crippen molar-refractivity contribution in [2.24, 2.45) is 23.7 Å². The molecule has 1 atom stereocenters. The van der Waals surface area contributed by atoms with Gasteiger partial charge in [-0.05, 0) is 100 Å². The van der Waals surface area contributed by atoms with Crippen LogP contribution in [0.2, 0.25) is 0 Å². The second kappa shape index (κ2) is 25.5. The predicted molar refractivity (Wildman–Crippen MR) is 266 cm³/mol. The summed E-state index contributed by atoms with van der Waals surface area (Å²) in [4.78, 5) is 20.8. The Bertz CT molecular complexity index is 2610. The maximum absolute atomic E-state index is 12.2. The Morgan fingerprint density at radius 2 is 1.20 bits per heavy atom. The maximum Gasteiger partial charge on any atom is 0.239 e. The molecule has 2 fully saturated rings. The van der Waals surface area contributed by atoms with Crippen molar-refractivity contribution >= 4 is 27.3 Å². The first kappa shape index (κ1) is 49.3. The van der Waals surface area contributed by atoms with Crippen LogP contribution < -0.4 is 0 Å². The van der Waals surface area contributed by atoms with Gasteiger partial charge in [0.25, 0.3) is 0 Å². The Morgan fingerprint density at radius 1 is 0.712 bits per heavy atom. The number of halogens is 2. The van der Waals surface area contributed by atoms with Gasteiger partial charge in [-0.3, -0.25) is 4.79 Å². The average Bonchev–Trinajstić information content (AvgIpc) is 4.02. The van der Waals surface area contributed by atoms with E-state index in [2.05, 4.69) is 110 Å². The van der Waals surface area contributed by atoms with Crippen LogP contribution in [-0.4, -0.2) is 27.3 Å². The van der Waals surface area contributed by atoms with Gasteiger partial charge in [0.2, 0.25) is 6.43 Å². The molecule has 0 spiro atoms. The van der Waals surface area contributed by atoms with E-state index in [0.29, 0.717) is 19.3 Å². The number of pyridine rings is 2. The molecule has 1 radical (unpaired) electrons. The van der Waals surface area contributed by atoms with Crippen molar-refractivity contribution in [3.63, 3.8) is 0 Å². The molecule has 7 heteroatoms. The number of carbonyl (C=O) groups is 1. The van der Waals surface area contributed by atoms with E-state index in [-0.39, 0.29) is 49.8 Å². The second-order valence-electron chi connectivity index (χ2n) is 18.7. The Kier molecular flexibility index (Phi) is 19.1. The SMILES string of the molecule is CCC(CC)C(=O)/C=C(\O)C(CC)CC(F)F.Cc1[c-]c(-c2nccc3cc(CC4CCCC4)ccc23)cc(C)c1.[2H]c1nc(-c2[c-]c(C)cc(C)c2)c2ccc(CC3CCCC3)cc2c1[2H].[Ir]. The third-order valence-electron chi connectivity index (χ3n) is 13.4. The van der Waals surface area contributed by atoms with Gasteiger partial charge in [-0.25, -0.2) is 8.78 Å². The number of aromatic nitrogens is 2. The molecule has 2 saturated carbocycles. The Hall–Kier alpha value is -4.58. The zero-order valence-corrected chi connectivity index (χ0v) is 42.5. The van der Waals surface area contributed by atoms with Crippen LogP contribution in [0.25, 0.3) is 44.1 Å². The molecule has 1 unspecified atom stereocenters. The van der Waals surface area contributed by atoms with E-state index < -0.39 is 18.8 Å². The number of ketones is 1. The van der Waals surface area contributed by atoms with Crippen LogP contribution in [0.4, 0.5) is 8.78 Å². The Balaban J connectivity index is 0.000000194. The molecule has 4 aromatic carbocycles. The first-order valence-corrected chi connectivity index (χ1v) is 24.2. The van der Waals surface area contributed by atoms with Crippen LogP contribution in [-0.2, 0) is 37.7 Å². The maximum atomic E-state index is 12.2. The van der Waals surface area contributed by atoms with Crippen LogP contribution in [0.5, 0.6) is 0 Å². The summed E-state index contributed by atoms with van der Waals surface area (Å²) in [6.07, 6.45) is 15.3. The number of allylic oxidation sites excluding steroid dienone is 2. The van der Waals surface area contributed by atoms with Crippen LogP contribution >= 0.6 is 0 Å². The van der Waals surface area contributed by atoms with Crippen LogP contribution in [0, 0.1) is 63.5 Å². The predicted octanol–water partition coefficient (Wildman–Crippen LogP) is 16.2. The molecule has 2 aromatic heterocycles. The summed E-state index contributed by atoms with van der Waals surface area (Å²) in [6, 6.07) is 31.0. The molecule has 0 bridgehead atoms. The van der Waals surface area contributed by atoms with E-state index >= 15 is 0 Å². The summed E-state index contributed by atoms with van der Waals surface area (Å²) in [6.45, 7) is 13.8. The first-order chi connectivity index (χ1) is 32.1. The van der Waals surface area contributed by atoms with Gasteiger partial charge < -0.3 is 15.1 Å². The number of aliphatic hydroxyl groups is 1. The number of aryl methyl sites for hydroxylation is 4. The molecule has 2 aliphatic rings. The number of hydrogen-bond donors (Lipinski definition) is 1. The zero-order chi connectivity index (χ0) is 48.2. The molecule has 8 rings (SSSR count). The van der Waals surface area contributed by atoms with Crippen LogP contribution in [0.1, 0.15) is 134 Å². The molecule has 0 aliphatic heterocycles. The molecule has 353 valence electrons. The van der Waals surface area contributed by atoms with E-state index in [1.54, 1.807) is 6.92 Å². The Morgan fingerprint density at radius 3 is 1.68 bits per heavy atom. The van der Waals surface area contributed by atoms with Crippen molar-refractivity contribution in [3.8, 4) is 22.5 Å². The molecular weight excluding hydrogens is 999 g/mol. The van der Waals surface area contributed by atoms with Gasteiger partial charge in [-0.2, -0.15) is 0 Å². The number of carbonyl (C=O) groups excluding carboxylic acids is 1.